The van der Waals surface area contributed by atoms with Gasteiger partial charge in [-0.15, -0.1) is 0 Å². The van der Waals surface area contributed by atoms with E-state index < -0.39 is 61.5 Å². The normalized spacial score (nSPS) is 23.1. The Hall–Kier alpha value is -2.50. The van der Waals surface area contributed by atoms with E-state index in [1.165, 1.54) is 12.3 Å². The van der Waals surface area contributed by atoms with E-state index in [9.17, 15) is 31.5 Å². The molecular weight excluding hydrogens is 449 g/mol. The number of amides is 1. The Morgan fingerprint density at radius 1 is 1.29 bits per heavy atom. The van der Waals surface area contributed by atoms with Crippen molar-refractivity contribution in [3.63, 3.8) is 0 Å². The summed E-state index contributed by atoms with van der Waals surface area (Å²) in [6.45, 7) is -1.26. The highest BCUT2D eigenvalue weighted by Gasteiger charge is 2.50. The zero-order valence-electron chi connectivity index (χ0n) is 15.9. The summed E-state index contributed by atoms with van der Waals surface area (Å²) in [6.07, 6.45) is -5.09. The Labute approximate surface area is 177 Å². The predicted molar refractivity (Wildman–Crippen MR) is 97.9 cm³/mol. The summed E-state index contributed by atoms with van der Waals surface area (Å²) in [5.41, 5.74) is -0.258. The van der Waals surface area contributed by atoms with Gasteiger partial charge in [0.05, 0.1) is 19.0 Å². The third-order valence-electron chi connectivity index (χ3n) is 5.54. The van der Waals surface area contributed by atoms with Crippen LogP contribution >= 0.6 is 11.6 Å². The molecule has 13 heteroatoms. The lowest BCUT2D eigenvalue weighted by Gasteiger charge is -2.32. The molecule has 2 aromatic rings. The van der Waals surface area contributed by atoms with Crippen LogP contribution in [0.5, 0.6) is 0 Å². The lowest BCUT2D eigenvalue weighted by atomic mass is 9.91. The molecule has 0 aliphatic carbocycles. The molecule has 0 spiro atoms. The Balaban J connectivity index is 1.69. The van der Waals surface area contributed by atoms with E-state index in [4.69, 9.17) is 11.6 Å². The van der Waals surface area contributed by atoms with Crippen molar-refractivity contribution in [3.05, 3.63) is 45.4 Å². The Kier molecular flexibility index (Phi) is 5.31. The molecule has 7 nitrogen and oxygen atoms in total. The number of nitrogens with zero attached hydrogens (tertiary/aromatic N) is 5. The maximum absolute atomic E-state index is 13.6. The molecule has 1 amide bonds. The number of halogens is 6. The largest absolute Gasteiger partial charge is 0.392 e. The van der Waals surface area contributed by atoms with Crippen molar-refractivity contribution in [2.75, 3.05) is 13.1 Å². The fourth-order valence-corrected chi connectivity index (χ4v) is 4.08. The van der Waals surface area contributed by atoms with Crippen LogP contribution in [0.2, 0.25) is 5.15 Å². The molecule has 2 aromatic heterocycles. The first-order valence-corrected chi connectivity index (χ1v) is 9.84. The monoisotopic (exact) mass is 465 g/mol. The summed E-state index contributed by atoms with van der Waals surface area (Å²) < 4.78 is 69.4. The molecule has 0 unspecified atom stereocenters. The van der Waals surface area contributed by atoms with E-state index in [0.717, 1.165) is 14.1 Å². The fourth-order valence-electron chi connectivity index (χ4n) is 3.97. The van der Waals surface area contributed by atoms with Crippen LogP contribution < -0.4 is 5.69 Å². The van der Waals surface area contributed by atoms with Crippen molar-refractivity contribution in [1.82, 2.24) is 24.2 Å². The van der Waals surface area contributed by atoms with Gasteiger partial charge in [0.1, 0.15) is 17.0 Å². The summed E-state index contributed by atoms with van der Waals surface area (Å²) in [6, 6.07) is 1.51. The summed E-state index contributed by atoms with van der Waals surface area (Å²) in [7, 11) is 0. The van der Waals surface area contributed by atoms with E-state index in [1.54, 1.807) is 6.07 Å². The number of hydrogen-bond acceptors (Lipinski definition) is 4. The van der Waals surface area contributed by atoms with Crippen LogP contribution in [0.25, 0.3) is 0 Å². The molecule has 0 radical (unpaired) electrons. The van der Waals surface area contributed by atoms with Crippen LogP contribution in [0.15, 0.2) is 23.1 Å². The van der Waals surface area contributed by atoms with Gasteiger partial charge in [-0.1, -0.05) is 17.7 Å². The molecular formula is C18H17ClF5N5O2. The maximum Gasteiger partial charge on any atom is 0.392 e. The van der Waals surface area contributed by atoms with Gasteiger partial charge < -0.3 is 4.90 Å². The molecule has 0 aromatic carbocycles. The number of alkyl halides is 5. The van der Waals surface area contributed by atoms with Gasteiger partial charge in [-0.3, -0.25) is 9.36 Å². The highest BCUT2D eigenvalue weighted by Crippen LogP contribution is 2.39. The van der Waals surface area contributed by atoms with Crippen LogP contribution in [-0.4, -0.2) is 55.3 Å². The fraction of sp³-hybridized carbons (Fsp3) is 0.556. The number of carbonyl (C=O) groups is 1. The molecule has 4 heterocycles. The molecule has 2 aliphatic rings. The van der Waals surface area contributed by atoms with E-state index >= 15 is 0 Å². The molecule has 4 rings (SSSR count). The van der Waals surface area contributed by atoms with E-state index in [1.807, 2.05) is 0 Å². The molecule has 0 bridgehead atoms. The summed E-state index contributed by atoms with van der Waals surface area (Å²) in [5, 5.41) is 4.23. The standard InChI is InChI=1S/C18H17ClF5N5O2/c19-13-2-1-10(7-25-13)8-28-16(31)29-12(15(30)27-4-3-17(20,21)9-27)5-11(18(22,23)24)6-14(29)26-28/h1-2,7,11-12H,3-6,8-9H2/t11-,12-/m1/s1. The van der Waals surface area contributed by atoms with Crippen LogP contribution in [0.4, 0.5) is 22.0 Å². The number of carbonyl (C=O) groups excluding carboxylic acids is 1. The van der Waals surface area contributed by atoms with Crippen LogP contribution in [0.3, 0.4) is 0 Å². The second kappa shape index (κ2) is 7.57. The Bertz CT molecular complexity index is 1050. The molecule has 2 aliphatic heterocycles. The van der Waals surface area contributed by atoms with Crippen LogP contribution in [0.1, 0.15) is 30.3 Å². The summed E-state index contributed by atoms with van der Waals surface area (Å²) in [4.78, 5) is 30.5. The van der Waals surface area contributed by atoms with Crippen molar-refractivity contribution >= 4 is 17.5 Å². The smallest absolute Gasteiger partial charge is 0.335 e. The van der Waals surface area contributed by atoms with Gasteiger partial charge in [0.15, 0.2) is 0 Å². The van der Waals surface area contributed by atoms with E-state index in [-0.39, 0.29) is 24.1 Å². The number of rotatable bonds is 3. The SMILES string of the molecule is O=C([C@H]1C[C@@H](C(F)(F)F)Cc2nn(Cc3ccc(Cl)nc3)c(=O)n21)N1CCC(F)(F)C1. The van der Waals surface area contributed by atoms with Gasteiger partial charge >= 0.3 is 11.9 Å². The molecule has 31 heavy (non-hydrogen) atoms. The number of hydrogen-bond donors (Lipinski definition) is 0. The third-order valence-corrected chi connectivity index (χ3v) is 5.76. The first-order chi connectivity index (χ1) is 14.4. The van der Waals surface area contributed by atoms with Gasteiger partial charge in [-0.2, -0.15) is 18.3 Å². The second-order valence-corrected chi connectivity index (χ2v) is 8.16. The predicted octanol–water partition coefficient (Wildman–Crippen LogP) is 2.67. The van der Waals surface area contributed by atoms with Crippen molar-refractivity contribution < 1.29 is 26.7 Å². The highest BCUT2D eigenvalue weighted by atomic mass is 35.5. The number of likely N-dealkylation sites (tertiary alicyclic amines) is 1. The lowest BCUT2D eigenvalue weighted by Crippen LogP contribution is -2.46. The minimum absolute atomic E-state index is 0.0949. The zero-order chi connectivity index (χ0) is 22.6. The molecule has 168 valence electrons. The van der Waals surface area contributed by atoms with E-state index in [2.05, 4.69) is 10.1 Å². The molecule has 1 saturated heterocycles. The van der Waals surface area contributed by atoms with Crippen molar-refractivity contribution in [3.8, 4) is 0 Å². The lowest BCUT2D eigenvalue weighted by molar-refractivity contribution is -0.183. The number of pyridine rings is 1. The first kappa shape index (κ1) is 21.7. The van der Waals surface area contributed by atoms with Crippen molar-refractivity contribution in [2.45, 2.75) is 43.9 Å². The third kappa shape index (κ3) is 4.30. The van der Waals surface area contributed by atoms with Crippen molar-refractivity contribution in [2.24, 2.45) is 5.92 Å². The maximum atomic E-state index is 13.6. The van der Waals surface area contributed by atoms with Crippen molar-refractivity contribution in [1.29, 1.82) is 0 Å². The number of aromatic nitrogens is 4. The van der Waals surface area contributed by atoms with Crippen LogP contribution in [0, 0.1) is 5.92 Å². The van der Waals surface area contributed by atoms with Gasteiger partial charge in [0.25, 0.3) is 5.92 Å². The first-order valence-electron chi connectivity index (χ1n) is 9.46. The minimum atomic E-state index is -4.63. The zero-order valence-corrected chi connectivity index (χ0v) is 16.7. The van der Waals surface area contributed by atoms with Gasteiger partial charge in [0, 0.05) is 25.6 Å². The van der Waals surface area contributed by atoms with Crippen LogP contribution in [-0.2, 0) is 17.8 Å². The molecule has 0 N–H and O–H groups in total. The molecule has 0 saturated carbocycles. The highest BCUT2D eigenvalue weighted by molar-refractivity contribution is 6.29. The van der Waals surface area contributed by atoms with Gasteiger partial charge in [-0.25, -0.2) is 23.2 Å². The minimum Gasteiger partial charge on any atom is -0.335 e. The average molecular weight is 466 g/mol. The molecule has 2 atom stereocenters. The topological polar surface area (TPSA) is 73.0 Å². The molecule has 1 fully saturated rings. The summed E-state index contributed by atoms with van der Waals surface area (Å²) >= 11 is 5.72. The number of fused-ring (bicyclic) bond motifs is 1. The average Bonchev–Trinajstić information content (AvgIpc) is 3.21. The van der Waals surface area contributed by atoms with Gasteiger partial charge in [-0.05, 0) is 18.1 Å². The Morgan fingerprint density at radius 3 is 2.61 bits per heavy atom. The Morgan fingerprint density at radius 2 is 2.03 bits per heavy atom. The second-order valence-electron chi connectivity index (χ2n) is 7.78. The van der Waals surface area contributed by atoms with E-state index in [0.29, 0.717) is 5.56 Å². The quantitative estimate of drug-likeness (QED) is 0.516. The van der Waals surface area contributed by atoms with Gasteiger partial charge in [0.2, 0.25) is 5.91 Å². The summed E-state index contributed by atoms with van der Waals surface area (Å²) in [5.74, 6) is -6.15.